The van der Waals surface area contributed by atoms with Crippen LogP contribution in [0.5, 0.6) is 0 Å². The van der Waals surface area contributed by atoms with Crippen molar-refractivity contribution < 1.29 is 18.0 Å². The van der Waals surface area contributed by atoms with Gasteiger partial charge in [0.15, 0.2) is 5.82 Å². The van der Waals surface area contributed by atoms with Gasteiger partial charge in [0, 0.05) is 16.2 Å². The highest BCUT2D eigenvalue weighted by Gasteiger charge is 2.35. The maximum absolute atomic E-state index is 13.0. The molecule has 2 aromatic heterocycles. The molecule has 0 spiro atoms. The van der Waals surface area contributed by atoms with Gasteiger partial charge in [-0.2, -0.15) is 23.4 Å². The van der Waals surface area contributed by atoms with Gasteiger partial charge >= 0.3 is 6.18 Å². The van der Waals surface area contributed by atoms with Gasteiger partial charge in [-0.1, -0.05) is 29.3 Å². The summed E-state index contributed by atoms with van der Waals surface area (Å²) < 4.78 is 41.7. The molecule has 2 heterocycles. The number of nitrogens with one attached hydrogen (secondary N) is 1. The molecule has 0 radical (unpaired) electrons. The molecule has 29 heavy (non-hydrogen) atoms. The maximum atomic E-state index is 13.0. The first-order valence-corrected chi connectivity index (χ1v) is 9.66. The number of benzene rings is 1. The average Bonchev–Trinajstić information content (AvgIpc) is 3.12. The van der Waals surface area contributed by atoms with E-state index in [0.717, 1.165) is 11.6 Å². The second-order valence-corrected chi connectivity index (χ2v) is 7.83. The number of rotatable bonds is 5. The summed E-state index contributed by atoms with van der Waals surface area (Å²) in [6, 6.07) is 5.92. The number of carbonyl (C=O) groups excluding carboxylic acids is 1. The van der Waals surface area contributed by atoms with Crippen molar-refractivity contribution in [2.45, 2.75) is 26.2 Å². The van der Waals surface area contributed by atoms with Crippen LogP contribution in [0, 0.1) is 6.92 Å². The molecule has 0 aliphatic rings. The van der Waals surface area contributed by atoms with Crippen LogP contribution in [-0.2, 0) is 24.1 Å². The molecule has 0 atom stereocenters. The molecule has 0 unspecified atom stereocenters. The number of alkyl halides is 3. The zero-order chi connectivity index (χ0) is 21.3. The molecular weight excluding hydrogens is 498 g/mol. The van der Waals surface area contributed by atoms with E-state index in [4.69, 9.17) is 23.2 Å². The first-order valence-electron chi connectivity index (χ1n) is 8.11. The topological polar surface area (TPSA) is 64.7 Å². The predicted molar refractivity (Wildman–Crippen MR) is 106 cm³/mol. The fourth-order valence-electron chi connectivity index (χ4n) is 2.59. The number of aromatic nitrogens is 4. The smallest absolute Gasteiger partial charge is 0.307 e. The van der Waals surface area contributed by atoms with Gasteiger partial charge in [-0.25, -0.2) is 0 Å². The first kappa shape index (κ1) is 21.7. The lowest BCUT2D eigenvalue weighted by atomic mass is 10.2. The Morgan fingerprint density at radius 1 is 1.24 bits per heavy atom. The molecule has 0 aliphatic heterocycles. The van der Waals surface area contributed by atoms with Crippen LogP contribution in [0.2, 0.25) is 10.0 Å². The fourth-order valence-corrected chi connectivity index (χ4v) is 3.47. The van der Waals surface area contributed by atoms with Crippen LogP contribution in [-0.4, -0.2) is 25.5 Å². The van der Waals surface area contributed by atoms with Crippen molar-refractivity contribution >= 4 is 50.9 Å². The SMILES string of the molecule is Cc1cc(C(F)(F)F)n(CC(=O)Nc2nn(Cc3ccc(Cl)cc3Cl)cc2Br)n1. The van der Waals surface area contributed by atoms with Gasteiger partial charge in [0.2, 0.25) is 5.91 Å². The Hall–Kier alpha value is -2.04. The number of hydrogen-bond donors (Lipinski definition) is 1. The van der Waals surface area contributed by atoms with Crippen molar-refractivity contribution in [3.63, 3.8) is 0 Å². The van der Waals surface area contributed by atoms with Crippen LogP contribution < -0.4 is 5.32 Å². The Bertz CT molecular complexity index is 1060. The van der Waals surface area contributed by atoms with Crippen LogP contribution in [0.4, 0.5) is 19.0 Å². The van der Waals surface area contributed by atoms with Crippen LogP contribution in [0.25, 0.3) is 0 Å². The molecule has 0 fully saturated rings. The van der Waals surface area contributed by atoms with E-state index in [2.05, 4.69) is 31.4 Å². The molecule has 1 N–H and O–H groups in total. The first-order chi connectivity index (χ1) is 13.5. The number of anilines is 1. The summed E-state index contributed by atoms with van der Waals surface area (Å²) in [5.41, 5.74) is -0.0756. The Kier molecular flexibility index (Phi) is 6.25. The van der Waals surface area contributed by atoms with Crippen LogP contribution in [0.15, 0.2) is 34.9 Å². The van der Waals surface area contributed by atoms with Crippen molar-refractivity contribution in [1.82, 2.24) is 19.6 Å². The van der Waals surface area contributed by atoms with E-state index in [1.807, 2.05) is 0 Å². The van der Waals surface area contributed by atoms with Gasteiger partial charge < -0.3 is 5.32 Å². The molecule has 3 aromatic rings. The van der Waals surface area contributed by atoms with E-state index in [-0.39, 0.29) is 11.5 Å². The third-order valence-corrected chi connectivity index (χ3v) is 4.98. The number of aryl methyl sites for hydroxylation is 1. The number of halogens is 6. The monoisotopic (exact) mass is 509 g/mol. The minimum Gasteiger partial charge on any atom is -0.307 e. The summed E-state index contributed by atoms with van der Waals surface area (Å²) in [6.45, 7) is 1.12. The summed E-state index contributed by atoms with van der Waals surface area (Å²) in [6.07, 6.45) is -3.00. The molecule has 6 nitrogen and oxygen atoms in total. The van der Waals surface area contributed by atoms with Crippen molar-refractivity contribution in [3.05, 3.63) is 61.9 Å². The molecule has 3 rings (SSSR count). The Morgan fingerprint density at radius 2 is 1.97 bits per heavy atom. The van der Waals surface area contributed by atoms with Crippen LogP contribution >= 0.6 is 39.1 Å². The van der Waals surface area contributed by atoms with Gasteiger partial charge in [0.1, 0.15) is 12.2 Å². The third-order valence-electron chi connectivity index (χ3n) is 3.81. The Balaban J connectivity index is 1.72. The highest BCUT2D eigenvalue weighted by molar-refractivity contribution is 9.10. The molecule has 12 heteroatoms. The molecular formula is C17H13BrCl2F3N5O. The summed E-state index contributed by atoms with van der Waals surface area (Å²) >= 11 is 15.3. The summed E-state index contributed by atoms with van der Waals surface area (Å²) in [7, 11) is 0. The van der Waals surface area contributed by atoms with E-state index in [0.29, 0.717) is 25.7 Å². The van der Waals surface area contributed by atoms with Gasteiger partial charge in [-0.3, -0.25) is 14.2 Å². The standard InChI is InChI=1S/C17H13BrCl2F3N5O/c1-9-4-14(17(21,22)23)28(25-9)8-15(29)24-16-12(18)7-27(26-16)6-10-2-3-11(19)5-13(10)20/h2-5,7H,6,8H2,1H3,(H,24,26,29). The van der Waals surface area contributed by atoms with E-state index in [1.165, 1.54) is 11.6 Å². The van der Waals surface area contributed by atoms with Gasteiger partial charge in [0.25, 0.3) is 0 Å². The summed E-state index contributed by atoms with van der Waals surface area (Å²) in [5, 5.41) is 11.4. The highest BCUT2D eigenvalue weighted by atomic mass is 79.9. The number of amides is 1. The molecule has 0 aliphatic carbocycles. The highest BCUT2D eigenvalue weighted by Crippen LogP contribution is 2.30. The minimum atomic E-state index is -4.61. The fraction of sp³-hybridized carbons (Fsp3) is 0.235. The van der Waals surface area contributed by atoms with Crippen molar-refractivity contribution in [2.24, 2.45) is 0 Å². The summed E-state index contributed by atoms with van der Waals surface area (Å²) in [5.74, 6) is -0.536. The van der Waals surface area contributed by atoms with Crippen molar-refractivity contribution in [2.75, 3.05) is 5.32 Å². The quantitative estimate of drug-likeness (QED) is 0.515. The van der Waals surface area contributed by atoms with Crippen LogP contribution in [0.3, 0.4) is 0 Å². The van der Waals surface area contributed by atoms with Gasteiger partial charge in [-0.15, -0.1) is 0 Å². The van der Waals surface area contributed by atoms with E-state index in [9.17, 15) is 18.0 Å². The molecule has 0 saturated carbocycles. The number of carbonyl (C=O) groups is 1. The van der Waals surface area contributed by atoms with E-state index in [1.54, 1.807) is 24.4 Å². The van der Waals surface area contributed by atoms with E-state index < -0.39 is 24.3 Å². The largest absolute Gasteiger partial charge is 0.433 e. The molecule has 154 valence electrons. The molecule has 0 bridgehead atoms. The lowest BCUT2D eigenvalue weighted by molar-refractivity contribution is -0.144. The predicted octanol–water partition coefficient (Wildman–Crippen LogP) is 5.16. The number of hydrogen-bond acceptors (Lipinski definition) is 3. The van der Waals surface area contributed by atoms with E-state index >= 15 is 0 Å². The third kappa shape index (κ3) is 5.31. The molecule has 0 saturated heterocycles. The van der Waals surface area contributed by atoms with Crippen LogP contribution in [0.1, 0.15) is 17.0 Å². The normalized spacial score (nSPS) is 11.7. The van der Waals surface area contributed by atoms with Gasteiger partial charge in [0.05, 0.1) is 16.7 Å². The van der Waals surface area contributed by atoms with Gasteiger partial charge in [-0.05, 0) is 46.6 Å². The number of nitrogens with zero attached hydrogens (tertiary/aromatic N) is 4. The zero-order valence-electron chi connectivity index (χ0n) is 14.8. The second-order valence-electron chi connectivity index (χ2n) is 6.13. The summed E-state index contributed by atoms with van der Waals surface area (Å²) in [4.78, 5) is 12.2. The van der Waals surface area contributed by atoms with Crippen molar-refractivity contribution in [1.29, 1.82) is 0 Å². The van der Waals surface area contributed by atoms with Crippen molar-refractivity contribution in [3.8, 4) is 0 Å². The average molecular weight is 511 g/mol. The second kappa shape index (κ2) is 8.37. The minimum absolute atomic E-state index is 0.162. The molecule has 1 amide bonds. The lowest BCUT2D eigenvalue weighted by Gasteiger charge is -2.10. The molecule has 1 aromatic carbocycles. The Labute approximate surface area is 181 Å². The Morgan fingerprint density at radius 3 is 2.62 bits per heavy atom. The maximum Gasteiger partial charge on any atom is 0.433 e. The zero-order valence-corrected chi connectivity index (χ0v) is 17.9. The lowest BCUT2D eigenvalue weighted by Crippen LogP contribution is -2.24.